The molecule has 1 heterocycles. The van der Waals surface area contributed by atoms with Gasteiger partial charge in [0.05, 0.1) is 18.0 Å². The summed E-state index contributed by atoms with van der Waals surface area (Å²) in [4.78, 5) is 5.46. The monoisotopic (exact) mass is 225 g/mol. The number of nitrogens with zero attached hydrogens (tertiary/aromatic N) is 2. The van der Waals surface area contributed by atoms with Crippen LogP contribution in [0.5, 0.6) is 0 Å². The third kappa shape index (κ3) is 4.20. The molecular formula is C12H21N2S+. The lowest BCUT2D eigenvalue weighted by Crippen LogP contribution is -2.19. The Morgan fingerprint density at radius 2 is 1.87 bits per heavy atom. The van der Waals surface area contributed by atoms with Crippen LogP contribution in [-0.4, -0.2) is 29.0 Å². The lowest BCUT2D eigenvalue weighted by molar-refractivity contribution is -0.527. The van der Waals surface area contributed by atoms with Crippen molar-refractivity contribution in [2.24, 2.45) is 4.99 Å². The van der Waals surface area contributed by atoms with Crippen molar-refractivity contribution in [3.63, 3.8) is 0 Å². The van der Waals surface area contributed by atoms with Gasteiger partial charge in [0.25, 0.3) is 0 Å². The first kappa shape index (κ1) is 12.5. The minimum absolute atomic E-state index is 1.06. The lowest BCUT2D eigenvalue weighted by atomic mass is 10.3. The van der Waals surface area contributed by atoms with Gasteiger partial charge in [-0.15, -0.1) is 0 Å². The van der Waals surface area contributed by atoms with Crippen LogP contribution >= 0.6 is 11.8 Å². The van der Waals surface area contributed by atoms with Crippen molar-refractivity contribution in [1.82, 2.24) is 0 Å². The molecule has 84 valence electrons. The van der Waals surface area contributed by atoms with Gasteiger partial charge in [0.15, 0.2) is 6.21 Å². The summed E-state index contributed by atoms with van der Waals surface area (Å²) in [5.74, 6) is 0. The van der Waals surface area contributed by atoms with E-state index in [1.807, 2.05) is 6.21 Å². The molecule has 0 saturated heterocycles. The molecule has 0 N–H and O–H groups in total. The molecular weight excluding hydrogens is 204 g/mol. The van der Waals surface area contributed by atoms with Crippen LogP contribution in [0.15, 0.2) is 16.5 Å². The highest BCUT2D eigenvalue weighted by Crippen LogP contribution is 2.20. The molecule has 2 nitrogen and oxygen atoms in total. The molecule has 0 aromatic heterocycles. The molecule has 15 heavy (non-hydrogen) atoms. The van der Waals surface area contributed by atoms with Gasteiger partial charge in [-0.2, -0.15) is 0 Å². The van der Waals surface area contributed by atoms with Gasteiger partial charge in [-0.05, 0) is 17.8 Å². The highest BCUT2D eigenvalue weighted by molar-refractivity contribution is 8.18. The number of unbranched alkanes of at least 4 members (excludes halogenated alkanes) is 2. The summed E-state index contributed by atoms with van der Waals surface area (Å²) in [7, 11) is 0. The molecule has 0 atom stereocenters. The van der Waals surface area contributed by atoms with Gasteiger partial charge in [-0.25, -0.2) is 0 Å². The molecule has 0 bridgehead atoms. The van der Waals surface area contributed by atoms with Crippen molar-refractivity contribution in [2.75, 3.05) is 13.1 Å². The first-order valence-electron chi connectivity index (χ1n) is 5.80. The Bertz CT molecular complexity index is 269. The Kier molecular flexibility index (Phi) is 5.69. The van der Waals surface area contributed by atoms with E-state index in [-0.39, 0.29) is 0 Å². The van der Waals surface area contributed by atoms with Crippen LogP contribution in [0.2, 0.25) is 0 Å². The zero-order chi connectivity index (χ0) is 11.1. The first-order valence-corrected chi connectivity index (χ1v) is 6.62. The smallest absolute Gasteiger partial charge is 0.252 e. The molecule has 3 heteroatoms. The topological polar surface area (TPSA) is 15.4 Å². The average molecular weight is 225 g/mol. The summed E-state index contributed by atoms with van der Waals surface area (Å²) in [6.45, 7) is 10.6. The SMILES string of the molecule is C=C1C=NC(=[N+](CCCC)CCCC)S1. The molecule has 0 aliphatic carbocycles. The minimum atomic E-state index is 1.06. The Labute approximate surface area is 97.2 Å². The second-order valence-electron chi connectivity index (χ2n) is 3.80. The fourth-order valence-corrected chi connectivity index (χ4v) is 2.20. The quantitative estimate of drug-likeness (QED) is 0.633. The van der Waals surface area contributed by atoms with Crippen molar-refractivity contribution in [2.45, 2.75) is 39.5 Å². The van der Waals surface area contributed by atoms with Crippen LogP contribution in [0, 0.1) is 0 Å². The number of hydrogen-bond acceptors (Lipinski definition) is 1. The number of hydrogen-bond donors (Lipinski definition) is 0. The molecule has 0 aromatic rings. The standard InChI is InChI=1S/C12H21N2S/c1-4-6-8-14(9-7-5-2)12-13-10-11(3)15-12/h10H,3-9H2,1-2H3/q+1. The number of rotatable bonds is 6. The molecule has 1 aliphatic heterocycles. The third-order valence-electron chi connectivity index (χ3n) is 2.38. The van der Waals surface area contributed by atoms with Crippen molar-refractivity contribution in [3.05, 3.63) is 11.5 Å². The van der Waals surface area contributed by atoms with E-state index in [0.717, 1.165) is 23.2 Å². The highest BCUT2D eigenvalue weighted by atomic mass is 32.2. The van der Waals surface area contributed by atoms with E-state index < -0.39 is 0 Å². The summed E-state index contributed by atoms with van der Waals surface area (Å²) in [6, 6.07) is 0. The van der Waals surface area contributed by atoms with Crippen LogP contribution in [-0.2, 0) is 0 Å². The second-order valence-corrected chi connectivity index (χ2v) is 4.90. The van der Waals surface area contributed by atoms with Crippen LogP contribution in [0.1, 0.15) is 39.5 Å². The van der Waals surface area contributed by atoms with E-state index in [2.05, 4.69) is 30.0 Å². The van der Waals surface area contributed by atoms with Gasteiger partial charge in [-0.3, -0.25) is 4.58 Å². The zero-order valence-corrected chi connectivity index (χ0v) is 10.6. The van der Waals surface area contributed by atoms with Crippen LogP contribution in [0.4, 0.5) is 0 Å². The maximum Gasteiger partial charge on any atom is 0.359 e. The van der Waals surface area contributed by atoms with Gasteiger partial charge in [0.1, 0.15) is 0 Å². The van der Waals surface area contributed by atoms with Crippen molar-refractivity contribution >= 4 is 23.1 Å². The first-order chi connectivity index (χ1) is 7.27. The Balaban J connectivity index is 2.61. The minimum Gasteiger partial charge on any atom is -0.252 e. The predicted molar refractivity (Wildman–Crippen MR) is 70.0 cm³/mol. The summed E-state index contributed by atoms with van der Waals surface area (Å²) in [5.41, 5.74) is 0. The maximum absolute atomic E-state index is 4.40. The van der Waals surface area contributed by atoms with Gasteiger partial charge in [0.2, 0.25) is 0 Å². The van der Waals surface area contributed by atoms with Gasteiger partial charge in [-0.1, -0.05) is 33.3 Å². The van der Waals surface area contributed by atoms with Gasteiger partial charge < -0.3 is 0 Å². The molecule has 0 fully saturated rings. The Hall–Kier alpha value is -0.570. The largest absolute Gasteiger partial charge is 0.359 e. The molecule has 0 saturated carbocycles. The van der Waals surface area contributed by atoms with Crippen LogP contribution in [0.3, 0.4) is 0 Å². The van der Waals surface area contributed by atoms with E-state index in [1.165, 1.54) is 25.7 Å². The van der Waals surface area contributed by atoms with E-state index in [0.29, 0.717) is 0 Å². The summed E-state index contributed by atoms with van der Waals surface area (Å²) >= 11 is 1.70. The van der Waals surface area contributed by atoms with E-state index in [4.69, 9.17) is 0 Å². The highest BCUT2D eigenvalue weighted by Gasteiger charge is 2.20. The fraction of sp³-hybridized carbons (Fsp3) is 0.667. The second kappa shape index (κ2) is 6.83. The van der Waals surface area contributed by atoms with Crippen LogP contribution < -0.4 is 0 Å². The van der Waals surface area contributed by atoms with Crippen LogP contribution in [0.25, 0.3) is 0 Å². The van der Waals surface area contributed by atoms with Crippen molar-refractivity contribution < 1.29 is 4.58 Å². The summed E-state index contributed by atoms with van der Waals surface area (Å²) < 4.78 is 2.40. The van der Waals surface area contributed by atoms with E-state index in [1.54, 1.807) is 11.8 Å². The molecule has 1 aliphatic rings. The Morgan fingerprint density at radius 1 is 1.27 bits per heavy atom. The maximum atomic E-state index is 4.40. The van der Waals surface area contributed by atoms with Crippen molar-refractivity contribution in [1.29, 1.82) is 0 Å². The number of amidine groups is 1. The summed E-state index contributed by atoms with van der Waals surface area (Å²) in [5, 5.41) is 1.14. The fourth-order valence-electron chi connectivity index (χ4n) is 1.44. The number of allylic oxidation sites excluding steroid dienone is 1. The van der Waals surface area contributed by atoms with Gasteiger partial charge in [0, 0.05) is 11.8 Å². The van der Waals surface area contributed by atoms with Crippen molar-refractivity contribution in [3.8, 4) is 0 Å². The number of aliphatic imine (C=N–C) groups is 1. The molecule has 0 unspecified atom stereocenters. The molecule has 0 amide bonds. The molecule has 0 aromatic carbocycles. The zero-order valence-electron chi connectivity index (χ0n) is 9.83. The normalized spacial score (nSPS) is 15.1. The number of thioether (sulfide) groups is 1. The molecule has 0 radical (unpaired) electrons. The Morgan fingerprint density at radius 3 is 2.27 bits per heavy atom. The third-order valence-corrected chi connectivity index (χ3v) is 3.29. The molecule has 1 rings (SSSR count). The summed E-state index contributed by atoms with van der Waals surface area (Å²) in [6.07, 6.45) is 6.84. The van der Waals surface area contributed by atoms with E-state index >= 15 is 0 Å². The average Bonchev–Trinajstić information content (AvgIpc) is 2.65. The molecule has 0 spiro atoms. The predicted octanol–water partition coefficient (Wildman–Crippen LogP) is 3.29. The lowest BCUT2D eigenvalue weighted by Gasteiger charge is -2.06. The van der Waals surface area contributed by atoms with E-state index in [9.17, 15) is 0 Å². The van der Waals surface area contributed by atoms with Gasteiger partial charge >= 0.3 is 5.17 Å².